The number of anilines is 1. The van der Waals surface area contributed by atoms with Gasteiger partial charge in [-0.15, -0.1) is 0 Å². The second-order valence-corrected chi connectivity index (χ2v) is 6.52. The van der Waals surface area contributed by atoms with Crippen molar-refractivity contribution in [2.24, 2.45) is 0 Å². The van der Waals surface area contributed by atoms with Gasteiger partial charge in [-0.1, -0.05) is 11.6 Å². The van der Waals surface area contributed by atoms with E-state index in [1.165, 1.54) is 7.11 Å². The largest absolute Gasteiger partial charge is 0.493 e. The van der Waals surface area contributed by atoms with Gasteiger partial charge in [0.1, 0.15) is 0 Å². The summed E-state index contributed by atoms with van der Waals surface area (Å²) in [6.07, 6.45) is 0. The number of benzene rings is 2. The van der Waals surface area contributed by atoms with E-state index >= 15 is 0 Å². The van der Waals surface area contributed by atoms with Gasteiger partial charge in [-0.3, -0.25) is 4.79 Å². The molecule has 7 nitrogen and oxygen atoms in total. The van der Waals surface area contributed by atoms with E-state index in [-0.39, 0.29) is 12.5 Å². The fraction of sp³-hybridized carbons (Fsp3) is 0.190. The molecule has 0 saturated carbocycles. The van der Waals surface area contributed by atoms with Gasteiger partial charge in [0, 0.05) is 34.1 Å². The zero-order valence-corrected chi connectivity index (χ0v) is 17.0. The number of hydrogen-bond acceptors (Lipinski definition) is 6. The molecule has 0 fully saturated rings. The van der Waals surface area contributed by atoms with Gasteiger partial charge in [-0.05, 0) is 43.3 Å². The quantitative estimate of drug-likeness (QED) is 0.626. The van der Waals surface area contributed by atoms with Crippen molar-refractivity contribution in [3.05, 3.63) is 59.2 Å². The summed E-state index contributed by atoms with van der Waals surface area (Å²) < 4.78 is 16.0. The van der Waals surface area contributed by atoms with Crippen LogP contribution in [0.15, 0.2) is 48.5 Å². The average molecular weight is 414 g/mol. The second-order valence-electron chi connectivity index (χ2n) is 6.08. The van der Waals surface area contributed by atoms with E-state index in [9.17, 15) is 4.79 Å². The molecule has 29 heavy (non-hydrogen) atoms. The highest BCUT2D eigenvalue weighted by Crippen LogP contribution is 2.29. The van der Waals surface area contributed by atoms with Crippen LogP contribution < -0.4 is 19.5 Å². The highest BCUT2D eigenvalue weighted by Gasteiger charge is 2.10. The van der Waals surface area contributed by atoms with Gasteiger partial charge in [0.25, 0.3) is 5.91 Å². The van der Waals surface area contributed by atoms with Crippen LogP contribution in [0.1, 0.15) is 5.69 Å². The fourth-order valence-electron chi connectivity index (χ4n) is 2.59. The fourth-order valence-corrected chi connectivity index (χ4v) is 2.72. The maximum absolute atomic E-state index is 12.3. The number of nitrogens with zero attached hydrogens (tertiary/aromatic N) is 2. The number of carbonyl (C=O) groups is 1. The zero-order chi connectivity index (χ0) is 20.8. The average Bonchev–Trinajstić information content (AvgIpc) is 2.72. The van der Waals surface area contributed by atoms with Crippen LogP contribution in [0.4, 0.5) is 5.69 Å². The van der Waals surface area contributed by atoms with Gasteiger partial charge in [-0.2, -0.15) is 4.98 Å². The number of rotatable bonds is 7. The van der Waals surface area contributed by atoms with Crippen molar-refractivity contribution >= 4 is 23.2 Å². The molecule has 0 aliphatic carbocycles. The summed E-state index contributed by atoms with van der Waals surface area (Å²) in [4.78, 5) is 21.0. The Balaban J connectivity index is 1.66. The highest BCUT2D eigenvalue weighted by molar-refractivity contribution is 6.30. The van der Waals surface area contributed by atoms with Crippen molar-refractivity contribution < 1.29 is 19.0 Å². The van der Waals surface area contributed by atoms with E-state index in [0.717, 1.165) is 11.3 Å². The van der Waals surface area contributed by atoms with Crippen molar-refractivity contribution in [1.82, 2.24) is 9.97 Å². The number of aryl methyl sites for hydroxylation is 1. The first-order chi connectivity index (χ1) is 14.0. The number of methoxy groups -OCH3 is 2. The predicted molar refractivity (Wildman–Crippen MR) is 111 cm³/mol. The Morgan fingerprint density at radius 2 is 1.72 bits per heavy atom. The van der Waals surface area contributed by atoms with E-state index in [0.29, 0.717) is 33.9 Å². The molecule has 3 aromatic rings. The molecule has 1 N–H and O–H groups in total. The molecule has 0 aliphatic rings. The molecule has 0 saturated heterocycles. The lowest BCUT2D eigenvalue weighted by molar-refractivity contribution is -0.118. The first kappa shape index (κ1) is 20.4. The van der Waals surface area contributed by atoms with Crippen molar-refractivity contribution in [3.8, 4) is 28.8 Å². The van der Waals surface area contributed by atoms with Gasteiger partial charge in [0.2, 0.25) is 5.88 Å². The minimum atomic E-state index is -0.332. The molecular formula is C21H20ClN3O4. The summed E-state index contributed by atoms with van der Waals surface area (Å²) in [5.41, 5.74) is 2.09. The lowest BCUT2D eigenvalue weighted by Gasteiger charge is -2.11. The Labute approximate surface area is 173 Å². The molecule has 150 valence electrons. The first-order valence-electron chi connectivity index (χ1n) is 8.75. The van der Waals surface area contributed by atoms with E-state index in [1.54, 1.807) is 43.5 Å². The van der Waals surface area contributed by atoms with Gasteiger partial charge < -0.3 is 19.5 Å². The third kappa shape index (κ3) is 5.36. The molecule has 0 atom stereocenters. The maximum atomic E-state index is 12.3. The molecule has 8 heteroatoms. The molecule has 1 heterocycles. The normalized spacial score (nSPS) is 10.3. The van der Waals surface area contributed by atoms with Crippen LogP contribution in [0, 0.1) is 6.92 Å². The number of carbonyl (C=O) groups excluding carboxylic acids is 1. The number of amides is 1. The summed E-state index contributed by atoms with van der Waals surface area (Å²) in [5, 5.41) is 3.38. The highest BCUT2D eigenvalue weighted by atomic mass is 35.5. The van der Waals surface area contributed by atoms with Crippen molar-refractivity contribution in [2.75, 3.05) is 26.1 Å². The van der Waals surface area contributed by atoms with Crippen LogP contribution >= 0.6 is 11.6 Å². The van der Waals surface area contributed by atoms with Gasteiger partial charge in [-0.25, -0.2) is 4.98 Å². The molecule has 2 aromatic carbocycles. The monoisotopic (exact) mass is 413 g/mol. The lowest BCUT2D eigenvalue weighted by Crippen LogP contribution is -2.20. The summed E-state index contributed by atoms with van der Waals surface area (Å²) in [5.74, 6) is 1.57. The number of halogens is 1. The molecule has 0 spiro atoms. The third-order valence-electron chi connectivity index (χ3n) is 3.95. The molecule has 0 radical (unpaired) electrons. The Hall–Kier alpha value is -3.32. The molecule has 0 aliphatic heterocycles. The van der Waals surface area contributed by atoms with Gasteiger partial charge >= 0.3 is 0 Å². The standard InChI is InChI=1S/C21H20ClN3O4/c1-13-10-20(25-21(23-13)14-4-6-15(22)7-5-14)29-12-19(26)24-16-8-9-17(27-2)18(11-16)28-3/h4-11H,12H2,1-3H3,(H,24,26). The summed E-state index contributed by atoms with van der Waals surface area (Å²) >= 11 is 5.92. The number of hydrogen-bond donors (Lipinski definition) is 1. The smallest absolute Gasteiger partial charge is 0.262 e. The van der Waals surface area contributed by atoms with E-state index in [1.807, 2.05) is 19.1 Å². The Kier molecular flexibility index (Phi) is 6.51. The molecular weight excluding hydrogens is 394 g/mol. The van der Waals surface area contributed by atoms with Crippen molar-refractivity contribution in [3.63, 3.8) is 0 Å². The van der Waals surface area contributed by atoms with Crippen LogP contribution in [0.25, 0.3) is 11.4 Å². The number of nitrogens with one attached hydrogen (secondary N) is 1. The molecule has 0 unspecified atom stereocenters. The summed E-state index contributed by atoms with van der Waals surface area (Å²) in [6, 6.07) is 13.9. The predicted octanol–water partition coefficient (Wildman–Crippen LogP) is 4.14. The zero-order valence-electron chi connectivity index (χ0n) is 16.2. The molecule has 3 rings (SSSR count). The SMILES string of the molecule is COc1ccc(NC(=O)COc2cc(C)nc(-c3ccc(Cl)cc3)n2)cc1OC. The molecule has 1 amide bonds. The van der Waals surface area contributed by atoms with Crippen LogP contribution in [-0.4, -0.2) is 36.7 Å². The second kappa shape index (κ2) is 9.25. The van der Waals surface area contributed by atoms with Crippen LogP contribution in [0.2, 0.25) is 5.02 Å². The maximum Gasteiger partial charge on any atom is 0.262 e. The van der Waals surface area contributed by atoms with Gasteiger partial charge in [0.05, 0.1) is 14.2 Å². The topological polar surface area (TPSA) is 82.6 Å². The molecule has 0 bridgehead atoms. The number of ether oxygens (including phenoxy) is 3. The first-order valence-corrected chi connectivity index (χ1v) is 9.12. The van der Waals surface area contributed by atoms with Gasteiger partial charge in [0.15, 0.2) is 23.9 Å². The minimum absolute atomic E-state index is 0.204. The minimum Gasteiger partial charge on any atom is -0.493 e. The van der Waals surface area contributed by atoms with Crippen LogP contribution in [0.5, 0.6) is 17.4 Å². The van der Waals surface area contributed by atoms with Crippen molar-refractivity contribution in [2.45, 2.75) is 6.92 Å². The van der Waals surface area contributed by atoms with E-state index in [2.05, 4.69) is 15.3 Å². The lowest BCUT2D eigenvalue weighted by atomic mass is 10.2. The van der Waals surface area contributed by atoms with Crippen molar-refractivity contribution in [1.29, 1.82) is 0 Å². The Morgan fingerprint density at radius 1 is 1.00 bits per heavy atom. The Bertz CT molecular complexity index is 1010. The Morgan fingerprint density at radius 3 is 2.41 bits per heavy atom. The van der Waals surface area contributed by atoms with Crippen LogP contribution in [-0.2, 0) is 4.79 Å². The molecule has 1 aromatic heterocycles. The van der Waals surface area contributed by atoms with Crippen LogP contribution in [0.3, 0.4) is 0 Å². The summed E-state index contributed by atoms with van der Waals surface area (Å²) in [7, 11) is 3.08. The third-order valence-corrected chi connectivity index (χ3v) is 4.20. The summed E-state index contributed by atoms with van der Waals surface area (Å²) in [6.45, 7) is 1.63. The van der Waals surface area contributed by atoms with E-state index < -0.39 is 0 Å². The van der Waals surface area contributed by atoms with E-state index in [4.69, 9.17) is 25.8 Å². The number of aromatic nitrogens is 2.